The standard InChI is InChI=1S/C25H25ClN2O/c1-18(19-9-11-22(26)12-10-19)23(20-6-3-2-4-7-20)17-28-24(29)25(13-14-25)21-8-5-15-27-16-21/h2-12,15-16,18,23H,13-14,17H2,1H3,(H,28,29). The minimum absolute atomic E-state index is 0.106. The number of carbonyl (C=O) groups is 1. The molecule has 2 aromatic carbocycles. The van der Waals surface area contributed by atoms with Crippen molar-refractivity contribution >= 4 is 17.5 Å². The number of hydrogen-bond acceptors (Lipinski definition) is 2. The van der Waals surface area contributed by atoms with E-state index in [0.717, 1.165) is 23.4 Å². The highest BCUT2D eigenvalue weighted by atomic mass is 35.5. The summed E-state index contributed by atoms with van der Waals surface area (Å²) < 4.78 is 0. The van der Waals surface area contributed by atoms with Crippen molar-refractivity contribution in [2.75, 3.05) is 6.54 Å². The van der Waals surface area contributed by atoms with Gasteiger partial charge in [-0.05, 0) is 53.6 Å². The molecule has 0 spiro atoms. The molecule has 0 saturated heterocycles. The van der Waals surface area contributed by atoms with Gasteiger partial charge in [-0.25, -0.2) is 0 Å². The third-order valence-electron chi connectivity index (χ3n) is 6.11. The first-order chi connectivity index (χ1) is 14.1. The van der Waals surface area contributed by atoms with E-state index in [1.807, 2.05) is 36.5 Å². The Labute approximate surface area is 177 Å². The Hall–Kier alpha value is -2.65. The molecule has 3 aromatic rings. The summed E-state index contributed by atoms with van der Waals surface area (Å²) in [4.78, 5) is 17.3. The minimum atomic E-state index is -0.404. The molecule has 0 bridgehead atoms. The minimum Gasteiger partial charge on any atom is -0.355 e. The lowest BCUT2D eigenvalue weighted by molar-refractivity contribution is -0.123. The summed E-state index contributed by atoms with van der Waals surface area (Å²) in [7, 11) is 0. The van der Waals surface area contributed by atoms with E-state index in [-0.39, 0.29) is 17.7 Å². The molecule has 1 amide bonds. The average molecular weight is 405 g/mol. The van der Waals surface area contributed by atoms with Gasteiger partial charge >= 0.3 is 0 Å². The summed E-state index contributed by atoms with van der Waals surface area (Å²) in [5, 5.41) is 3.99. The molecule has 1 heterocycles. The van der Waals surface area contributed by atoms with Crippen LogP contribution in [-0.2, 0) is 10.2 Å². The van der Waals surface area contributed by atoms with Crippen LogP contribution in [0.5, 0.6) is 0 Å². The summed E-state index contributed by atoms with van der Waals surface area (Å²) in [6, 6.07) is 22.3. The second-order valence-corrected chi connectivity index (χ2v) is 8.33. The van der Waals surface area contributed by atoms with Crippen LogP contribution < -0.4 is 5.32 Å². The van der Waals surface area contributed by atoms with Gasteiger partial charge in [0.15, 0.2) is 0 Å². The van der Waals surface area contributed by atoms with Gasteiger partial charge in [0.25, 0.3) is 0 Å². The SMILES string of the molecule is CC(c1ccc(Cl)cc1)C(CNC(=O)C1(c2cccnc2)CC1)c1ccccc1. The largest absolute Gasteiger partial charge is 0.355 e. The molecule has 1 aromatic heterocycles. The maximum Gasteiger partial charge on any atom is 0.230 e. The van der Waals surface area contributed by atoms with Crippen molar-refractivity contribution in [1.82, 2.24) is 10.3 Å². The topological polar surface area (TPSA) is 42.0 Å². The quantitative estimate of drug-likeness (QED) is 0.567. The van der Waals surface area contributed by atoms with Gasteiger partial charge in [0.2, 0.25) is 5.91 Å². The van der Waals surface area contributed by atoms with Crippen LogP contribution in [0.2, 0.25) is 5.02 Å². The van der Waals surface area contributed by atoms with Crippen LogP contribution in [-0.4, -0.2) is 17.4 Å². The first-order valence-corrected chi connectivity index (χ1v) is 10.5. The number of amides is 1. The van der Waals surface area contributed by atoms with Gasteiger partial charge in [0, 0.05) is 29.9 Å². The van der Waals surface area contributed by atoms with Gasteiger partial charge in [-0.3, -0.25) is 9.78 Å². The first kappa shape index (κ1) is 19.7. The Morgan fingerprint density at radius 1 is 1.03 bits per heavy atom. The van der Waals surface area contributed by atoms with E-state index in [1.165, 1.54) is 11.1 Å². The fourth-order valence-electron chi connectivity index (χ4n) is 4.07. The number of nitrogens with zero attached hydrogens (tertiary/aromatic N) is 1. The van der Waals surface area contributed by atoms with Gasteiger partial charge in [-0.15, -0.1) is 0 Å². The second-order valence-electron chi connectivity index (χ2n) is 7.89. The fraction of sp³-hybridized carbons (Fsp3) is 0.280. The van der Waals surface area contributed by atoms with E-state index in [2.05, 4.69) is 53.6 Å². The molecule has 0 aliphatic heterocycles. The van der Waals surface area contributed by atoms with Gasteiger partial charge < -0.3 is 5.32 Å². The molecule has 3 nitrogen and oxygen atoms in total. The number of nitrogens with one attached hydrogen (secondary N) is 1. The predicted octanol–water partition coefficient (Wildman–Crippen LogP) is 5.47. The molecule has 148 valence electrons. The molecule has 29 heavy (non-hydrogen) atoms. The highest BCUT2D eigenvalue weighted by molar-refractivity contribution is 6.30. The maximum atomic E-state index is 13.1. The molecule has 2 atom stereocenters. The lowest BCUT2D eigenvalue weighted by Crippen LogP contribution is -2.38. The van der Waals surface area contributed by atoms with E-state index in [9.17, 15) is 4.79 Å². The molecule has 1 aliphatic carbocycles. The zero-order chi connectivity index (χ0) is 20.3. The van der Waals surface area contributed by atoms with Crippen LogP contribution in [0.15, 0.2) is 79.1 Å². The Bertz CT molecular complexity index is 953. The molecule has 2 unspecified atom stereocenters. The molecule has 4 rings (SSSR count). The Kier molecular flexibility index (Phi) is 5.68. The Morgan fingerprint density at radius 3 is 2.38 bits per heavy atom. The van der Waals surface area contributed by atoms with Crippen LogP contribution in [0.25, 0.3) is 0 Å². The van der Waals surface area contributed by atoms with Gasteiger partial charge in [-0.1, -0.05) is 67.1 Å². The number of benzene rings is 2. The molecule has 0 radical (unpaired) electrons. The van der Waals surface area contributed by atoms with Crippen LogP contribution in [0.4, 0.5) is 0 Å². The van der Waals surface area contributed by atoms with E-state index in [4.69, 9.17) is 11.6 Å². The van der Waals surface area contributed by atoms with E-state index in [0.29, 0.717) is 6.54 Å². The molecule has 1 saturated carbocycles. The molecule has 4 heteroatoms. The normalized spacial score (nSPS) is 16.6. The summed E-state index contributed by atoms with van der Waals surface area (Å²) in [6.07, 6.45) is 5.33. The van der Waals surface area contributed by atoms with Gasteiger partial charge in [0.05, 0.1) is 5.41 Å². The lowest BCUT2D eigenvalue weighted by Gasteiger charge is -2.26. The average Bonchev–Trinajstić information content (AvgIpc) is 3.58. The van der Waals surface area contributed by atoms with Crippen LogP contribution in [0.3, 0.4) is 0 Å². The Morgan fingerprint density at radius 2 is 1.76 bits per heavy atom. The highest BCUT2D eigenvalue weighted by Gasteiger charge is 2.51. The summed E-state index contributed by atoms with van der Waals surface area (Å²) in [5.41, 5.74) is 3.05. The van der Waals surface area contributed by atoms with Crippen LogP contribution in [0, 0.1) is 0 Å². The molecular weight excluding hydrogens is 380 g/mol. The van der Waals surface area contributed by atoms with Crippen molar-refractivity contribution in [1.29, 1.82) is 0 Å². The fourth-order valence-corrected chi connectivity index (χ4v) is 4.20. The number of aromatic nitrogens is 1. The predicted molar refractivity (Wildman–Crippen MR) is 117 cm³/mol. The number of halogens is 1. The van der Waals surface area contributed by atoms with Crippen molar-refractivity contribution in [3.05, 3.63) is 101 Å². The Balaban J connectivity index is 1.53. The van der Waals surface area contributed by atoms with E-state index in [1.54, 1.807) is 6.20 Å². The zero-order valence-electron chi connectivity index (χ0n) is 16.5. The maximum absolute atomic E-state index is 13.1. The summed E-state index contributed by atoms with van der Waals surface area (Å²) >= 11 is 6.07. The third kappa shape index (κ3) is 4.20. The molecule has 1 aliphatic rings. The van der Waals surface area contributed by atoms with Gasteiger partial charge in [0.1, 0.15) is 0 Å². The van der Waals surface area contributed by atoms with Crippen molar-refractivity contribution < 1.29 is 4.79 Å². The summed E-state index contributed by atoms with van der Waals surface area (Å²) in [5.74, 6) is 0.518. The van der Waals surface area contributed by atoms with E-state index >= 15 is 0 Å². The number of hydrogen-bond donors (Lipinski definition) is 1. The zero-order valence-corrected chi connectivity index (χ0v) is 17.3. The van der Waals surface area contributed by atoms with Crippen molar-refractivity contribution in [3.8, 4) is 0 Å². The molecule has 1 N–H and O–H groups in total. The first-order valence-electron chi connectivity index (χ1n) is 10.1. The summed E-state index contributed by atoms with van der Waals surface area (Å²) in [6.45, 7) is 2.80. The van der Waals surface area contributed by atoms with Gasteiger partial charge in [-0.2, -0.15) is 0 Å². The van der Waals surface area contributed by atoms with Crippen LogP contribution >= 0.6 is 11.6 Å². The monoisotopic (exact) mass is 404 g/mol. The van der Waals surface area contributed by atoms with Crippen molar-refractivity contribution in [3.63, 3.8) is 0 Å². The van der Waals surface area contributed by atoms with Crippen LogP contribution in [0.1, 0.15) is 48.3 Å². The highest BCUT2D eigenvalue weighted by Crippen LogP contribution is 2.48. The smallest absolute Gasteiger partial charge is 0.230 e. The number of pyridine rings is 1. The lowest BCUT2D eigenvalue weighted by atomic mass is 9.82. The van der Waals surface area contributed by atoms with Crippen molar-refractivity contribution in [2.24, 2.45) is 0 Å². The number of rotatable bonds is 7. The molecule has 1 fully saturated rings. The van der Waals surface area contributed by atoms with E-state index < -0.39 is 5.41 Å². The van der Waals surface area contributed by atoms with Crippen molar-refractivity contribution in [2.45, 2.75) is 37.0 Å². The second kappa shape index (κ2) is 8.38. The third-order valence-corrected chi connectivity index (χ3v) is 6.36. The number of carbonyl (C=O) groups excluding carboxylic acids is 1. The molecular formula is C25H25ClN2O.